The summed E-state index contributed by atoms with van der Waals surface area (Å²) in [5.74, 6) is -4.00. The normalized spacial score (nSPS) is 11.4. The fraction of sp³-hybridized carbons (Fsp3) is 0.292. The van der Waals surface area contributed by atoms with Crippen molar-refractivity contribution in [2.75, 3.05) is 14.2 Å². The number of esters is 3. The molecule has 0 aliphatic rings. The molecule has 33 heavy (non-hydrogen) atoms. The topological polar surface area (TPSA) is 97.4 Å². The summed E-state index contributed by atoms with van der Waals surface area (Å²) in [6.07, 6.45) is 0.961. The van der Waals surface area contributed by atoms with Crippen LogP contribution in [0.3, 0.4) is 0 Å². The number of rotatable bonds is 8. The Kier molecular flexibility index (Phi) is 8.56. The van der Waals surface area contributed by atoms with Gasteiger partial charge >= 0.3 is 17.9 Å². The number of benzene rings is 2. The quantitative estimate of drug-likeness (QED) is 0.251. The van der Waals surface area contributed by atoms with Crippen LogP contribution >= 0.6 is 0 Å². The third-order valence-electron chi connectivity index (χ3n) is 4.01. The molecule has 8 nitrogen and oxygen atoms in total. The third kappa shape index (κ3) is 7.06. The van der Waals surface area contributed by atoms with Crippen molar-refractivity contribution in [3.05, 3.63) is 77.0 Å². The van der Waals surface area contributed by atoms with Gasteiger partial charge in [0, 0.05) is 5.56 Å². The summed E-state index contributed by atoms with van der Waals surface area (Å²) < 4.78 is 40.4. The second-order valence-electron chi connectivity index (χ2n) is 7.65. The highest BCUT2D eigenvalue weighted by molar-refractivity contribution is 5.95. The van der Waals surface area contributed by atoms with Crippen LogP contribution in [0.5, 0.6) is 5.75 Å². The zero-order valence-corrected chi connectivity index (χ0v) is 19.0. The Morgan fingerprint density at radius 2 is 1.64 bits per heavy atom. The van der Waals surface area contributed by atoms with E-state index in [0.29, 0.717) is 0 Å². The predicted octanol–water partition coefficient (Wildman–Crippen LogP) is 4.18. The highest BCUT2D eigenvalue weighted by Crippen LogP contribution is 2.30. The fourth-order valence-electron chi connectivity index (χ4n) is 2.62. The van der Waals surface area contributed by atoms with Crippen LogP contribution in [-0.4, -0.2) is 37.7 Å². The lowest BCUT2D eigenvalue weighted by atomic mass is 10.1. The van der Waals surface area contributed by atoms with Crippen molar-refractivity contribution in [3.8, 4) is 5.75 Å². The van der Waals surface area contributed by atoms with Crippen molar-refractivity contribution >= 4 is 17.9 Å². The second kappa shape index (κ2) is 11.1. The first-order valence-corrected chi connectivity index (χ1v) is 9.83. The van der Waals surface area contributed by atoms with Crippen LogP contribution in [-0.2, 0) is 30.3 Å². The third-order valence-corrected chi connectivity index (χ3v) is 4.01. The first kappa shape index (κ1) is 25.4. The predicted molar refractivity (Wildman–Crippen MR) is 115 cm³/mol. The molecule has 0 aliphatic heterocycles. The zero-order chi connectivity index (χ0) is 24.6. The van der Waals surface area contributed by atoms with Crippen LogP contribution in [0.15, 0.2) is 54.5 Å². The van der Waals surface area contributed by atoms with E-state index < -0.39 is 41.7 Å². The Labute approximate surface area is 190 Å². The number of carbonyl (C=O) groups excluding carboxylic acids is 3. The van der Waals surface area contributed by atoms with E-state index in [0.717, 1.165) is 25.5 Å². The van der Waals surface area contributed by atoms with Gasteiger partial charge in [0.05, 0.1) is 19.8 Å². The van der Waals surface area contributed by atoms with Crippen molar-refractivity contribution in [2.24, 2.45) is 0 Å². The van der Waals surface area contributed by atoms with Gasteiger partial charge in [-0.25, -0.2) is 18.8 Å². The van der Waals surface area contributed by atoms with Crippen molar-refractivity contribution in [1.29, 1.82) is 0 Å². The summed E-state index contributed by atoms with van der Waals surface area (Å²) in [4.78, 5) is 37.3. The highest BCUT2D eigenvalue weighted by atomic mass is 19.1. The molecule has 0 atom stereocenters. The maximum atomic E-state index is 14.8. The monoisotopic (exact) mass is 460 g/mol. The number of halogens is 1. The molecule has 0 aliphatic carbocycles. The van der Waals surface area contributed by atoms with Crippen LogP contribution in [0.2, 0.25) is 0 Å². The van der Waals surface area contributed by atoms with Crippen LogP contribution in [0.1, 0.15) is 47.1 Å². The fourth-order valence-corrected chi connectivity index (χ4v) is 2.62. The lowest BCUT2D eigenvalue weighted by Crippen LogP contribution is -2.26. The van der Waals surface area contributed by atoms with Crippen molar-refractivity contribution in [1.82, 2.24) is 0 Å². The second-order valence-corrected chi connectivity index (χ2v) is 7.65. The molecule has 9 heteroatoms. The minimum atomic E-state index is -0.940. The molecular weight excluding hydrogens is 435 g/mol. The van der Waals surface area contributed by atoms with E-state index >= 15 is 0 Å². The number of hydrogen-bond acceptors (Lipinski definition) is 8. The highest BCUT2D eigenvalue weighted by Gasteiger charge is 2.29. The Morgan fingerprint density at radius 3 is 2.21 bits per heavy atom. The van der Waals surface area contributed by atoms with E-state index in [1.165, 1.54) is 19.2 Å². The zero-order valence-electron chi connectivity index (χ0n) is 19.0. The van der Waals surface area contributed by atoms with Gasteiger partial charge in [-0.3, -0.25) is 0 Å². The van der Waals surface area contributed by atoms with Gasteiger partial charge in [-0.15, -0.1) is 0 Å². The van der Waals surface area contributed by atoms with E-state index in [4.69, 9.17) is 18.9 Å². The van der Waals surface area contributed by atoms with Gasteiger partial charge < -0.3 is 23.7 Å². The van der Waals surface area contributed by atoms with Gasteiger partial charge in [-0.05, 0) is 45.0 Å². The van der Waals surface area contributed by atoms with E-state index in [-0.39, 0.29) is 22.4 Å². The maximum absolute atomic E-state index is 14.8. The van der Waals surface area contributed by atoms with Crippen LogP contribution in [0.25, 0.3) is 0 Å². The van der Waals surface area contributed by atoms with Gasteiger partial charge in [-0.1, -0.05) is 18.2 Å². The SMILES string of the molecule is COC=C(Oc1ccc(F)c(COC(=O)c2ccccc2)c1C(=O)OC(C)(C)C)C(=O)OC. The molecule has 0 heterocycles. The summed E-state index contributed by atoms with van der Waals surface area (Å²) in [6.45, 7) is 4.30. The summed E-state index contributed by atoms with van der Waals surface area (Å²) in [5, 5.41) is 0. The molecule has 0 N–H and O–H groups in total. The van der Waals surface area contributed by atoms with Crippen LogP contribution in [0.4, 0.5) is 4.39 Å². The Morgan fingerprint density at radius 1 is 0.970 bits per heavy atom. The van der Waals surface area contributed by atoms with Crippen molar-refractivity contribution < 1.29 is 42.5 Å². The van der Waals surface area contributed by atoms with Gasteiger partial charge in [0.1, 0.15) is 35.6 Å². The average molecular weight is 460 g/mol. The number of ether oxygens (including phenoxy) is 5. The molecule has 0 unspecified atom stereocenters. The van der Waals surface area contributed by atoms with E-state index in [1.54, 1.807) is 39.0 Å². The van der Waals surface area contributed by atoms with Crippen molar-refractivity contribution in [3.63, 3.8) is 0 Å². The van der Waals surface area contributed by atoms with Gasteiger partial charge in [-0.2, -0.15) is 0 Å². The van der Waals surface area contributed by atoms with E-state index in [1.807, 2.05) is 0 Å². The summed E-state index contributed by atoms with van der Waals surface area (Å²) >= 11 is 0. The number of carbonyl (C=O) groups is 3. The van der Waals surface area contributed by atoms with Crippen molar-refractivity contribution in [2.45, 2.75) is 33.0 Å². The molecule has 176 valence electrons. The van der Waals surface area contributed by atoms with E-state index in [9.17, 15) is 18.8 Å². The molecular formula is C24H25FO8. The minimum Gasteiger partial charge on any atom is -0.500 e. The number of methoxy groups -OCH3 is 2. The Bertz CT molecular complexity index is 1040. The molecule has 2 aromatic carbocycles. The average Bonchev–Trinajstić information content (AvgIpc) is 2.77. The van der Waals surface area contributed by atoms with Gasteiger partial charge in [0.25, 0.3) is 0 Å². The summed E-state index contributed by atoms with van der Waals surface area (Å²) in [7, 11) is 2.41. The minimum absolute atomic E-state index is 0.217. The molecule has 0 bridgehead atoms. The molecule has 0 fully saturated rings. The molecule has 2 aromatic rings. The number of hydrogen-bond donors (Lipinski definition) is 0. The molecule has 2 rings (SSSR count). The van der Waals surface area contributed by atoms with E-state index in [2.05, 4.69) is 4.74 Å². The Balaban J connectivity index is 2.49. The first-order chi connectivity index (χ1) is 15.6. The van der Waals surface area contributed by atoms with Crippen LogP contribution in [0, 0.1) is 5.82 Å². The Hall–Kier alpha value is -3.88. The van der Waals surface area contributed by atoms with Gasteiger partial charge in [0.2, 0.25) is 5.76 Å². The van der Waals surface area contributed by atoms with Crippen LogP contribution < -0.4 is 4.74 Å². The first-order valence-electron chi connectivity index (χ1n) is 9.83. The smallest absolute Gasteiger partial charge is 0.377 e. The molecule has 0 saturated carbocycles. The molecule has 0 saturated heterocycles. The lowest BCUT2D eigenvalue weighted by Gasteiger charge is -2.22. The maximum Gasteiger partial charge on any atom is 0.377 e. The molecule has 0 aromatic heterocycles. The van der Waals surface area contributed by atoms with Gasteiger partial charge in [0.15, 0.2) is 0 Å². The largest absolute Gasteiger partial charge is 0.500 e. The molecule has 0 radical (unpaired) electrons. The molecule has 0 amide bonds. The standard InChI is InChI=1S/C24H25FO8/c1-24(2,3)33-23(28)20-16(13-31-21(26)15-9-7-6-8-10-15)17(25)11-12-18(20)32-19(14-29-4)22(27)30-5/h6-12,14H,13H2,1-5H3. The summed E-state index contributed by atoms with van der Waals surface area (Å²) in [6, 6.07) is 10.2. The molecule has 0 spiro atoms. The summed E-state index contributed by atoms with van der Waals surface area (Å²) in [5.41, 5.74) is -1.31. The lowest BCUT2D eigenvalue weighted by molar-refractivity contribution is -0.138.